The van der Waals surface area contributed by atoms with E-state index in [1.807, 2.05) is 0 Å². The number of nitrogens with one attached hydrogen (secondary N) is 1. The van der Waals surface area contributed by atoms with E-state index < -0.39 is 0 Å². The first-order chi connectivity index (χ1) is 6.31. The second kappa shape index (κ2) is 9.96. The van der Waals surface area contributed by atoms with Crippen molar-refractivity contribution in [2.45, 2.75) is 52.2 Å². The normalized spacial score (nSPS) is 13.2. The molecule has 0 aliphatic heterocycles. The predicted octanol–water partition coefficient (Wildman–Crippen LogP) is 0.372. The summed E-state index contributed by atoms with van der Waals surface area (Å²) < 4.78 is 0. The smallest absolute Gasteiger partial charge is 0.194 e. The highest BCUT2D eigenvalue weighted by Gasteiger charge is 2.01. The van der Waals surface area contributed by atoms with E-state index in [9.17, 15) is 0 Å². The summed E-state index contributed by atoms with van der Waals surface area (Å²) >= 11 is 0. The van der Waals surface area contributed by atoms with Gasteiger partial charge in [0.25, 0.3) is 0 Å². The fourth-order valence-corrected chi connectivity index (χ4v) is 1.23. The standard InChI is InChI=1S/C10H25N3/c1-3-5-7-9-13-10(11)12-8-6-4-2/h10,12-13H,3-9,11H2,1-2H3/p+1. The van der Waals surface area contributed by atoms with Crippen LogP contribution in [0.15, 0.2) is 0 Å². The molecular formula is C10H26N3+. The van der Waals surface area contributed by atoms with Gasteiger partial charge in [0.1, 0.15) is 0 Å². The molecule has 0 aliphatic carbocycles. The maximum atomic E-state index is 5.83. The van der Waals surface area contributed by atoms with Gasteiger partial charge in [0.05, 0.1) is 6.54 Å². The highest BCUT2D eigenvalue weighted by Crippen LogP contribution is 1.90. The van der Waals surface area contributed by atoms with Crippen LogP contribution in [0.25, 0.3) is 0 Å². The van der Waals surface area contributed by atoms with E-state index in [1.165, 1.54) is 32.1 Å². The molecule has 0 heterocycles. The lowest BCUT2D eigenvalue weighted by molar-refractivity contribution is -0.694. The largest absolute Gasteiger partial charge is 0.319 e. The number of quaternary nitrogens is 1. The summed E-state index contributed by atoms with van der Waals surface area (Å²) in [7, 11) is 0. The van der Waals surface area contributed by atoms with Crippen LogP contribution in [-0.2, 0) is 0 Å². The van der Waals surface area contributed by atoms with Crippen LogP contribution in [0.4, 0.5) is 0 Å². The van der Waals surface area contributed by atoms with Crippen LogP contribution in [0, 0.1) is 0 Å². The molecule has 0 saturated heterocycles. The van der Waals surface area contributed by atoms with Crippen LogP contribution in [0.1, 0.15) is 46.0 Å². The first kappa shape index (κ1) is 12.9. The number of hydrogen-bond acceptors (Lipinski definition) is 2. The third-order valence-electron chi connectivity index (χ3n) is 2.14. The summed E-state index contributed by atoms with van der Waals surface area (Å²) in [5, 5.41) is 5.47. The van der Waals surface area contributed by atoms with Gasteiger partial charge in [-0.1, -0.05) is 33.1 Å². The molecule has 13 heavy (non-hydrogen) atoms. The topological polar surface area (TPSA) is 54.7 Å². The average Bonchev–Trinajstić information content (AvgIpc) is 2.13. The molecule has 0 rings (SSSR count). The molecular weight excluding hydrogens is 162 g/mol. The molecule has 3 heteroatoms. The molecule has 3 nitrogen and oxygen atoms in total. The number of unbranched alkanes of at least 4 members (excludes halogenated alkanes) is 3. The third kappa shape index (κ3) is 9.80. The number of rotatable bonds is 9. The lowest BCUT2D eigenvalue weighted by atomic mass is 10.2. The predicted molar refractivity (Wildman–Crippen MR) is 57.2 cm³/mol. The van der Waals surface area contributed by atoms with Gasteiger partial charge in [-0.2, -0.15) is 0 Å². The molecule has 0 radical (unpaired) electrons. The molecule has 0 fully saturated rings. The zero-order valence-corrected chi connectivity index (χ0v) is 9.18. The summed E-state index contributed by atoms with van der Waals surface area (Å²) in [4.78, 5) is 0. The highest BCUT2D eigenvalue weighted by molar-refractivity contribution is 4.45. The summed E-state index contributed by atoms with van der Waals surface area (Å²) in [5.41, 5.74) is 5.83. The lowest BCUT2D eigenvalue weighted by Crippen LogP contribution is -2.96. The summed E-state index contributed by atoms with van der Waals surface area (Å²) in [6.07, 6.45) is 6.42. The first-order valence-corrected chi connectivity index (χ1v) is 5.63. The molecule has 0 aromatic carbocycles. The van der Waals surface area contributed by atoms with E-state index in [4.69, 9.17) is 5.73 Å². The molecule has 0 saturated carbocycles. The molecule has 0 aromatic rings. The van der Waals surface area contributed by atoms with E-state index in [1.54, 1.807) is 0 Å². The Bertz CT molecular complexity index is 96.2. The van der Waals surface area contributed by atoms with Crippen molar-refractivity contribution in [3.63, 3.8) is 0 Å². The van der Waals surface area contributed by atoms with E-state index in [2.05, 4.69) is 24.5 Å². The lowest BCUT2D eigenvalue weighted by Gasteiger charge is -2.11. The van der Waals surface area contributed by atoms with Crippen LogP contribution in [0.2, 0.25) is 0 Å². The maximum absolute atomic E-state index is 5.83. The highest BCUT2D eigenvalue weighted by atomic mass is 15.2. The second-order valence-electron chi connectivity index (χ2n) is 3.56. The minimum absolute atomic E-state index is 0.100. The van der Waals surface area contributed by atoms with Gasteiger partial charge in [0.2, 0.25) is 0 Å². The van der Waals surface area contributed by atoms with Crippen molar-refractivity contribution in [2.75, 3.05) is 13.1 Å². The SMILES string of the molecule is CCCCCNC(N)[NH2+]CCCC. The van der Waals surface area contributed by atoms with Crippen molar-refractivity contribution in [3.05, 3.63) is 0 Å². The monoisotopic (exact) mass is 188 g/mol. The summed E-state index contributed by atoms with van der Waals surface area (Å²) in [5.74, 6) is 0. The Morgan fingerprint density at radius 3 is 2.46 bits per heavy atom. The van der Waals surface area contributed by atoms with E-state index in [0.29, 0.717) is 0 Å². The number of hydrogen-bond donors (Lipinski definition) is 3. The fourth-order valence-electron chi connectivity index (χ4n) is 1.23. The molecule has 0 bridgehead atoms. The van der Waals surface area contributed by atoms with E-state index in [-0.39, 0.29) is 6.29 Å². The first-order valence-electron chi connectivity index (χ1n) is 5.63. The third-order valence-corrected chi connectivity index (χ3v) is 2.14. The molecule has 0 spiro atoms. The quantitative estimate of drug-likeness (QED) is 0.362. The van der Waals surface area contributed by atoms with Gasteiger partial charge < -0.3 is 5.32 Å². The Morgan fingerprint density at radius 1 is 1.15 bits per heavy atom. The second-order valence-corrected chi connectivity index (χ2v) is 3.56. The number of nitrogens with two attached hydrogens (primary N) is 2. The molecule has 0 aromatic heterocycles. The molecule has 80 valence electrons. The molecule has 1 unspecified atom stereocenters. The summed E-state index contributed by atoms with van der Waals surface area (Å²) in [6.45, 7) is 6.61. The van der Waals surface area contributed by atoms with Crippen molar-refractivity contribution in [1.82, 2.24) is 5.32 Å². The van der Waals surface area contributed by atoms with Crippen molar-refractivity contribution in [3.8, 4) is 0 Å². The van der Waals surface area contributed by atoms with Crippen molar-refractivity contribution in [1.29, 1.82) is 0 Å². The van der Waals surface area contributed by atoms with Crippen LogP contribution in [-0.4, -0.2) is 19.4 Å². The minimum Gasteiger partial charge on any atom is -0.319 e. The molecule has 0 aliphatic rings. The molecule has 5 N–H and O–H groups in total. The van der Waals surface area contributed by atoms with E-state index in [0.717, 1.165) is 13.1 Å². The van der Waals surface area contributed by atoms with Crippen molar-refractivity contribution >= 4 is 0 Å². The maximum Gasteiger partial charge on any atom is 0.194 e. The van der Waals surface area contributed by atoms with Crippen LogP contribution >= 0.6 is 0 Å². The van der Waals surface area contributed by atoms with Gasteiger partial charge >= 0.3 is 0 Å². The fraction of sp³-hybridized carbons (Fsp3) is 1.00. The van der Waals surface area contributed by atoms with Crippen LogP contribution in [0.5, 0.6) is 0 Å². The Morgan fingerprint density at radius 2 is 1.85 bits per heavy atom. The average molecular weight is 188 g/mol. The van der Waals surface area contributed by atoms with Gasteiger partial charge in [-0.3, -0.25) is 11.1 Å². The Kier molecular flexibility index (Phi) is 9.87. The van der Waals surface area contributed by atoms with Crippen LogP contribution < -0.4 is 16.4 Å². The minimum atomic E-state index is 0.100. The zero-order chi connectivity index (χ0) is 9.94. The Labute approximate surface area is 82.5 Å². The Hall–Kier alpha value is -0.120. The van der Waals surface area contributed by atoms with E-state index >= 15 is 0 Å². The van der Waals surface area contributed by atoms with Gasteiger partial charge in [-0.25, -0.2) is 0 Å². The Balaban J connectivity index is 3.05. The van der Waals surface area contributed by atoms with Gasteiger partial charge in [-0.05, 0) is 12.8 Å². The van der Waals surface area contributed by atoms with Gasteiger partial charge in [-0.15, -0.1) is 0 Å². The van der Waals surface area contributed by atoms with Gasteiger partial charge in [0.15, 0.2) is 6.29 Å². The van der Waals surface area contributed by atoms with Gasteiger partial charge in [0, 0.05) is 6.54 Å². The van der Waals surface area contributed by atoms with Crippen LogP contribution in [0.3, 0.4) is 0 Å². The zero-order valence-electron chi connectivity index (χ0n) is 9.18. The molecule has 0 amide bonds. The van der Waals surface area contributed by atoms with Crippen molar-refractivity contribution < 1.29 is 5.32 Å². The van der Waals surface area contributed by atoms with Crippen molar-refractivity contribution in [2.24, 2.45) is 5.73 Å². The molecule has 1 atom stereocenters. The summed E-state index contributed by atoms with van der Waals surface area (Å²) in [6, 6.07) is 0.